The highest BCUT2D eigenvalue weighted by Crippen LogP contribution is 1.70. The second-order valence-electron chi connectivity index (χ2n) is 1.74. The molecule has 0 atom stereocenters. The topological polar surface area (TPSA) is 81.7 Å². The largest absolute Gasteiger partial charge is 0.397 e. The Labute approximate surface area is 64.8 Å². The van der Waals surface area contributed by atoms with Crippen molar-refractivity contribution in [3.63, 3.8) is 0 Å². The third kappa shape index (κ3) is 5.37. The monoisotopic (exact) mass is 158 g/mol. The third-order valence-electron chi connectivity index (χ3n) is 0.796. The molecule has 0 unspecified atom stereocenters. The summed E-state index contributed by atoms with van der Waals surface area (Å²) >= 11 is 0. The number of hydrazine groups is 1. The fourth-order valence-electron chi connectivity index (χ4n) is 0.365. The summed E-state index contributed by atoms with van der Waals surface area (Å²) in [6.45, 7) is -0.291. The van der Waals surface area contributed by atoms with Gasteiger partial charge in [-0.2, -0.15) is 5.01 Å². The fourth-order valence-corrected chi connectivity index (χ4v) is 0.365. The van der Waals surface area contributed by atoms with Crippen molar-refractivity contribution >= 4 is 19.6 Å². The van der Waals surface area contributed by atoms with Crippen molar-refractivity contribution in [2.24, 2.45) is 0 Å². The number of hydrogen-bond donors (Lipinski definition) is 3. The summed E-state index contributed by atoms with van der Waals surface area (Å²) in [4.78, 5) is 20.3. The van der Waals surface area contributed by atoms with E-state index in [0.717, 1.165) is 12.4 Å². The Morgan fingerprint density at radius 2 is 2.45 bits per heavy atom. The van der Waals surface area contributed by atoms with Crippen LogP contribution >= 0.6 is 0 Å². The number of hydrogen-bond acceptors (Lipinski definition) is 4. The zero-order valence-corrected chi connectivity index (χ0v) is 6.07. The molecule has 0 spiro atoms. The Hall–Kier alpha value is -1.08. The molecule has 0 aromatic carbocycles. The molecule has 1 radical (unpaired) electrons. The van der Waals surface area contributed by atoms with Crippen LogP contribution in [0.25, 0.3) is 0 Å². The Bertz CT molecular complexity index is 143. The molecule has 0 aromatic rings. The maximum atomic E-state index is 10.6. The lowest BCUT2D eigenvalue weighted by Gasteiger charge is -2.13. The van der Waals surface area contributed by atoms with E-state index in [-0.39, 0.29) is 6.73 Å². The number of carbonyl (C=O) groups is 2. The summed E-state index contributed by atoms with van der Waals surface area (Å²) in [6, 6.07) is 0. The van der Waals surface area contributed by atoms with Gasteiger partial charge in [0.05, 0.1) is 0 Å². The molecule has 61 valence electrons. The molecule has 0 saturated heterocycles. The van der Waals surface area contributed by atoms with Gasteiger partial charge in [-0.05, 0) is 0 Å². The lowest BCUT2D eigenvalue weighted by molar-refractivity contribution is -0.108. The number of carbonyl (C=O) groups excluding carboxylic acids is 2. The lowest BCUT2D eigenvalue weighted by atomic mass is 9.95. The van der Waals surface area contributed by atoms with Crippen molar-refractivity contribution < 1.29 is 14.7 Å². The minimum absolute atomic E-state index is 0.291. The van der Waals surface area contributed by atoms with Gasteiger partial charge in [-0.15, -0.1) is 0 Å². The number of nitrogens with one attached hydrogen (secondary N) is 2. The van der Waals surface area contributed by atoms with Crippen LogP contribution in [0.3, 0.4) is 0 Å². The quantitative estimate of drug-likeness (QED) is 0.184. The summed E-state index contributed by atoms with van der Waals surface area (Å²) in [5.41, 5.74) is 2.23. The zero-order valence-electron chi connectivity index (χ0n) is 6.07. The van der Waals surface area contributed by atoms with Gasteiger partial charge in [-0.1, -0.05) is 0 Å². The molecule has 3 N–H and O–H groups in total. The molecule has 0 heterocycles. The lowest BCUT2D eigenvalue weighted by Crippen LogP contribution is -2.44. The first kappa shape index (κ1) is 9.92. The van der Waals surface area contributed by atoms with Gasteiger partial charge in [0.2, 0.25) is 5.81 Å². The van der Waals surface area contributed by atoms with E-state index in [2.05, 4.69) is 10.7 Å². The molecule has 6 nitrogen and oxygen atoms in total. The highest BCUT2D eigenvalue weighted by atomic mass is 16.3. The van der Waals surface area contributed by atoms with Gasteiger partial charge in [0.25, 0.3) is 0 Å². The Morgan fingerprint density at radius 3 is 2.91 bits per heavy atom. The van der Waals surface area contributed by atoms with E-state index in [1.165, 1.54) is 7.05 Å². The SMILES string of the molecule is CN(CO)NC(=O)[B]NC=O. The van der Waals surface area contributed by atoms with E-state index < -0.39 is 5.81 Å². The van der Waals surface area contributed by atoms with Crippen LogP contribution in [0.1, 0.15) is 0 Å². The molecule has 0 rings (SSSR count). The molecule has 0 aliphatic carbocycles. The van der Waals surface area contributed by atoms with Gasteiger partial charge in [-0.3, -0.25) is 15.0 Å². The van der Waals surface area contributed by atoms with Crippen LogP contribution in [0.5, 0.6) is 0 Å². The third-order valence-corrected chi connectivity index (χ3v) is 0.796. The van der Waals surface area contributed by atoms with E-state index in [0.29, 0.717) is 6.41 Å². The molecular formula is C4H9BN3O3. The molecule has 11 heavy (non-hydrogen) atoms. The first-order valence-corrected chi connectivity index (χ1v) is 2.86. The van der Waals surface area contributed by atoms with Gasteiger partial charge >= 0.3 is 7.41 Å². The highest BCUT2D eigenvalue weighted by molar-refractivity contribution is 6.72. The maximum absolute atomic E-state index is 10.6. The van der Waals surface area contributed by atoms with Crippen LogP contribution in [0.4, 0.5) is 4.79 Å². The van der Waals surface area contributed by atoms with E-state index in [9.17, 15) is 9.59 Å². The van der Waals surface area contributed by atoms with Gasteiger partial charge in [0.1, 0.15) is 6.73 Å². The predicted molar refractivity (Wildman–Crippen MR) is 38.3 cm³/mol. The summed E-state index contributed by atoms with van der Waals surface area (Å²) in [5.74, 6) is -0.506. The van der Waals surface area contributed by atoms with Gasteiger partial charge in [-0.25, -0.2) is 0 Å². The van der Waals surface area contributed by atoms with Crippen LogP contribution < -0.4 is 10.7 Å². The van der Waals surface area contributed by atoms with Crippen LogP contribution in [0.2, 0.25) is 0 Å². The minimum Gasteiger partial charge on any atom is -0.397 e. The molecule has 7 heteroatoms. The van der Waals surface area contributed by atoms with Crippen molar-refractivity contribution in [3.8, 4) is 0 Å². The van der Waals surface area contributed by atoms with E-state index in [1.807, 2.05) is 0 Å². The molecule has 0 aliphatic heterocycles. The predicted octanol–water partition coefficient (Wildman–Crippen LogP) is -2.14. The van der Waals surface area contributed by atoms with Crippen molar-refractivity contribution in [1.29, 1.82) is 0 Å². The number of aliphatic hydroxyl groups is 1. The van der Waals surface area contributed by atoms with Crippen LogP contribution in [0.15, 0.2) is 0 Å². The maximum Gasteiger partial charge on any atom is 0.365 e. The normalized spacial score (nSPS) is 9.00. The first-order valence-electron chi connectivity index (χ1n) is 2.86. The van der Waals surface area contributed by atoms with E-state index in [1.54, 1.807) is 0 Å². The Kier molecular flexibility index (Phi) is 5.13. The zero-order chi connectivity index (χ0) is 8.69. The standard InChI is InChI=1S/C4H9BN3O3/c1-8(3-10)7-4(11)5-6-2-9/h2,10H,3H2,1H3,(H,6,9)(H,7,11). The van der Waals surface area contributed by atoms with Crippen LogP contribution in [-0.2, 0) is 4.79 Å². The van der Waals surface area contributed by atoms with Crippen molar-refractivity contribution in [1.82, 2.24) is 15.7 Å². The second kappa shape index (κ2) is 5.69. The molecule has 0 aromatic heterocycles. The first-order chi connectivity index (χ1) is 5.20. The van der Waals surface area contributed by atoms with Gasteiger partial charge in [0, 0.05) is 7.05 Å². The summed E-state index contributed by atoms with van der Waals surface area (Å²) in [7, 11) is 2.42. The molecular weight excluding hydrogens is 149 g/mol. The number of aliphatic hydroxyl groups excluding tert-OH is 1. The summed E-state index contributed by atoms with van der Waals surface area (Å²) in [6.07, 6.45) is 0.374. The number of rotatable bonds is 5. The summed E-state index contributed by atoms with van der Waals surface area (Å²) < 4.78 is 0. The number of nitrogens with zero attached hydrogens (tertiary/aromatic N) is 1. The van der Waals surface area contributed by atoms with Crippen molar-refractivity contribution in [3.05, 3.63) is 0 Å². The van der Waals surface area contributed by atoms with Gasteiger partial charge in [0.15, 0.2) is 6.41 Å². The van der Waals surface area contributed by atoms with Crippen molar-refractivity contribution in [2.75, 3.05) is 13.8 Å². The van der Waals surface area contributed by atoms with Crippen LogP contribution in [-0.4, -0.2) is 43.5 Å². The molecule has 0 saturated carbocycles. The Morgan fingerprint density at radius 1 is 1.82 bits per heavy atom. The fraction of sp³-hybridized carbons (Fsp3) is 0.500. The van der Waals surface area contributed by atoms with E-state index in [4.69, 9.17) is 5.11 Å². The van der Waals surface area contributed by atoms with Crippen LogP contribution in [0, 0.1) is 0 Å². The average Bonchev–Trinajstić information content (AvgIpc) is 2.00. The van der Waals surface area contributed by atoms with Gasteiger partial charge < -0.3 is 10.3 Å². The highest BCUT2D eigenvalue weighted by Gasteiger charge is 2.04. The van der Waals surface area contributed by atoms with E-state index >= 15 is 0 Å². The molecule has 0 aliphatic rings. The molecule has 2 amide bonds. The number of amides is 2. The molecule has 0 fully saturated rings. The van der Waals surface area contributed by atoms with Crippen molar-refractivity contribution in [2.45, 2.75) is 0 Å². The summed E-state index contributed by atoms with van der Waals surface area (Å²) in [5, 5.41) is 11.6. The minimum atomic E-state index is -0.506. The molecule has 0 bridgehead atoms. The Balaban J connectivity index is 3.43. The second-order valence-corrected chi connectivity index (χ2v) is 1.74. The smallest absolute Gasteiger partial charge is 0.365 e. The average molecular weight is 158 g/mol.